The molecule has 0 N–H and O–H groups in total. The van der Waals surface area contributed by atoms with Gasteiger partial charge in [-0.15, -0.1) is 0 Å². The van der Waals surface area contributed by atoms with Crippen LogP contribution in [0, 0.1) is 6.92 Å². The molecule has 5 heteroatoms. The molecule has 2 heterocycles. The smallest absolute Gasteiger partial charge is 0.306 e. The number of aromatic nitrogens is 2. The predicted octanol–water partition coefficient (Wildman–Crippen LogP) is 2.66. The molecule has 0 atom stereocenters. The van der Waals surface area contributed by atoms with Crippen molar-refractivity contribution in [2.24, 2.45) is 0 Å². The first kappa shape index (κ1) is 9.05. The second-order valence-electron chi connectivity index (χ2n) is 3.03. The highest BCUT2D eigenvalue weighted by Gasteiger charge is 2.33. The number of pyridine rings is 1. The van der Waals surface area contributed by atoms with Gasteiger partial charge in [0.1, 0.15) is 5.65 Å². The van der Waals surface area contributed by atoms with Crippen LogP contribution in [0.5, 0.6) is 0 Å². The fourth-order valence-corrected chi connectivity index (χ4v) is 1.36. The summed E-state index contributed by atoms with van der Waals surface area (Å²) in [6, 6.07) is 2.39. The summed E-state index contributed by atoms with van der Waals surface area (Å²) in [5.74, 6) is 0. The Hall–Kier alpha value is -1.52. The summed E-state index contributed by atoms with van der Waals surface area (Å²) in [4.78, 5) is 3.82. The Balaban J connectivity index is 2.77. The topological polar surface area (TPSA) is 17.3 Å². The van der Waals surface area contributed by atoms with E-state index in [2.05, 4.69) is 4.98 Å². The van der Waals surface area contributed by atoms with Crippen molar-refractivity contribution in [2.75, 3.05) is 0 Å². The Morgan fingerprint density at radius 3 is 2.71 bits per heavy atom. The molecule has 0 bridgehead atoms. The molecule has 2 nitrogen and oxygen atoms in total. The molecule has 0 aliphatic carbocycles. The monoisotopic (exact) mass is 200 g/mol. The summed E-state index contributed by atoms with van der Waals surface area (Å²) in [5.41, 5.74) is -0.174. The molecule has 0 saturated carbocycles. The molecule has 0 aliphatic rings. The van der Waals surface area contributed by atoms with Crippen LogP contribution in [0.3, 0.4) is 0 Å². The second-order valence-corrected chi connectivity index (χ2v) is 3.03. The van der Waals surface area contributed by atoms with E-state index in [1.807, 2.05) is 0 Å². The third-order valence-corrected chi connectivity index (χ3v) is 1.91. The van der Waals surface area contributed by atoms with Gasteiger partial charge >= 0.3 is 6.18 Å². The van der Waals surface area contributed by atoms with Crippen LogP contribution in [0.15, 0.2) is 24.5 Å². The summed E-state index contributed by atoms with van der Waals surface area (Å²) in [6.45, 7) is 1.66. The van der Waals surface area contributed by atoms with E-state index in [4.69, 9.17) is 0 Å². The van der Waals surface area contributed by atoms with E-state index in [0.29, 0.717) is 5.69 Å². The van der Waals surface area contributed by atoms with Gasteiger partial charge in [0, 0.05) is 12.4 Å². The zero-order valence-electron chi connectivity index (χ0n) is 7.34. The summed E-state index contributed by atoms with van der Waals surface area (Å²) >= 11 is 0. The van der Waals surface area contributed by atoms with Gasteiger partial charge in [0.25, 0.3) is 0 Å². The lowest BCUT2D eigenvalue weighted by Gasteiger charge is -2.06. The summed E-state index contributed by atoms with van der Waals surface area (Å²) in [6.07, 6.45) is -1.24. The van der Waals surface area contributed by atoms with Gasteiger partial charge in [0.05, 0.1) is 11.3 Å². The van der Waals surface area contributed by atoms with Crippen LogP contribution in [0.2, 0.25) is 0 Å². The van der Waals surface area contributed by atoms with Crippen LogP contribution in [0.1, 0.15) is 11.3 Å². The van der Waals surface area contributed by atoms with E-state index >= 15 is 0 Å². The van der Waals surface area contributed by atoms with Crippen molar-refractivity contribution in [1.29, 1.82) is 0 Å². The lowest BCUT2D eigenvalue weighted by atomic mass is 10.2. The largest absolute Gasteiger partial charge is 0.419 e. The van der Waals surface area contributed by atoms with Gasteiger partial charge in [0.2, 0.25) is 0 Å². The molecule has 0 aliphatic heterocycles. The number of rotatable bonds is 0. The quantitative estimate of drug-likeness (QED) is 0.639. The maximum Gasteiger partial charge on any atom is 0.419 e. The zero-order chi connectivity index (χ0) is 10.3. The third kappa shape index (κ3) is 1.34. The second kappa shape index (κ2) is 2.73. The number of hydrogen-bond donors (Lipinski definition) is 0. The van der Waals surface area contributed by atoms with Crippen LogP contribution in [0.4, 0.5) is 13.2 Å². The van der Waals surface area contributed by atoms with E-state index in [0.717, 1.165) is 6.07 Å². The first-order valence-electron chi connectivity index (χ1n) is 4.00. The number of imidazole rings is 1. The number of alkyl halides is 3. The number of nitrogens with zero attached hydrogens (tertiary/aromatic N) is 2. The summed E-state index contributed by atoms with van der Waals surface area (Å²) in [5, 5.41) is 0. The molecule has 2 aromatic heterocycles. The first-order chi connectivity index (χ1) is 6.48. The Kier molecular flexibility index (Phi) is 1.77. The Labute approximate surface area is 78.0 Å². The third-order valence-electron chi connectivity index (χ3n) is 1.91. The molecule has 0 saturated heterocycles. The van der Waals surface area contributed by atoms with Crippen molar-refractivity contribution in [3.63, 3.8) is 0 Å². The highest BCUT2D eigenvalue weighted by Crippen LogP contribution is 2.31. The molecule has 14 heavy (non-hydrogen) atoms. The SMILES string of the molecule is Cc1cn2cccc(C(F)(F)F)c2n1. The molecule has 0 spiro atoms. The molecular formula is C9H7F3N2. The van der Waals surface area contributed by atoms with E-state index in [-0.39, 0.29) is 5.65 Å². The molecule has 0 unspecified atom stereocenters. The summed E-state index contributed by atoms with van der Waals surface area (Å²) in [7, 11) is 0. The van der Waals surface area contributed by atoms with Crippen molar-refractivity contribution in [3.05, 3.63) is 35.8 Å². The number of hydrogen-bond acceptors (Lipinski definition) is 1. The average Bonchev–Trinajstić information content (AvgIpc) is 2.41. The number of aryl methyl sites for hydroxylation is 1. The molecular weight excluding hydrogens is 193 g/mol. The highest BCUT2D eigenvalue weighted by atomic mass is 19.4. The first-order valence-corrected chi connectivity index (χ1v) is 4.00. The van der Waals surface area contributed by atoms with Crippen molar-refractivity contribution in [3.8, 4) is 0 Å². The lowest BCUT2D eigenvalue weighted by Crippen LogP contribution is -2.07. The van der Waals surface area contributed by atoms with Crippen LogP contribution >= 0.6 is 0 Å². The fraction of sp³-hybridized carbons (Fsp3) is 0.222. The van der Waals surface area contributed by atoms with Gasteiger partial charge in [-0.3, -0.25) is 0 Å². The molecule has 2 rings (SSSR count). The van der Waals surface area contributed by atoms with Gasteiger partial charge in [-0.2, -0.15) is 13.2 Å². The van der Waals surface area contributed by atoms with Crippen LogP contribution in [-0.4, -0.2) is 9.38 Å². The zero-order valence-corrected chi connectivity index (χ0v) is 7.34. The van der Waals surface area contributed by atoms with Gasteiger partial charge in [-0.25, -0.2) is 4.98 Å². The highest BCUT2D eigenvalue weighted by molar-refractivity contribution is 5.50. The van der Waals surface area contributed by atoms with Gasteiger partial charge in [-0.05, 0) is 19.1 Å². The maximum absolute atomic E-state index is 12.5. The van der Waals surface area contributed by atoms with Crippen molar-refractivity contribution in [2.45, 2.75) is 13.1 Å². The van der Waals surface area contributed by atoms with Crippen molar-refractivity contribution in [1.82, 2.24) is 9.38 Å². The molecule has 0 amide bonds. The normalized spacial score (nSPS) is 12.3. The van der Waals surface area contributed by atoms with Crippen molar-refractivity contribution < 1.29 is 13.2 Å². The fourth-order valence-electron chi connectivity index (χ4n) is 1.36. The molecule has 2 aromatic rings. The number of halogens is 3. The Morgan fingerprint density at radius 2 is 2.07 bits per heavy atom. The van der Waals surface area contributed by atoms with Crippen molar-refractivity contribution >= 4 is 5.65 Å². The number of fused-ring (bicyclic) bond motifs is 1. The minimum atomic E-state index is -4.35. The van der Waals surface area contributed by atoms with Crippen LogP contribution < -0.4 is 0 Å². The minimum absolute atomic E-state index is 0.0440. The maximum atomic E-state index is 12.5. The predicted molar refractivity (Wildman–Crippen MR) is 44.9 cm³/mol. The molecule has 0 radical (unpaired) electrons. The lowest BCUT2D eigenvalue weighted by molar-refractivity contribution is -0.136. The van der Waals surface area contributed by atoms with Crippen LogP contribution in [0.25, 0.3) is 5.65 Å². The Morgan fingerprint density at radius 1 is 1.36 bits per heavy atom. The summed E-state index contributed by atoms with van der Waals surface area (Å²) < 4.78 is 38.8. The van der Waals surface area contributed by atoms with Crippen LogP contribution in [-0.2, 0) is 6.18 Å². The molecule has 74 valence electrons. The van der Waals surface area contributed by atoms with E-state index in [1.54, 1.807) is 19.3 Å². The molecule has 0 fully saturated rings. The molecule has 0 aromatic carbocycles. The van der Waals surface area contributed by atoms with E-state index in [1.165, 1.54) is 10.5 Å². The van der Waals surface area contributed by atoms with E-state index < -0.39 is 11.7 Å². The van der Waals surface area contributed by atoms with Gasteiger partial charge in [0.15, 0.2) is 0 Å². The Bertz CT molecular complexity index is 470. The standard InChI is InChI=1S/C9H7F3N2/c1-6-5-14-4-2-3-7(8(14)13-6)9(10,11)12/h2-5H,1H3. The van der Waals surface area contributed by atoms with Gasteiger partial charge in [-0.1, -0.05) is 0 Å². The van der Waals surface area contributed by atoms with Gasteiger partial charge < -0.3 is 4.40 Å². The average molecular weight is 200 g/mol. The van der Waals surface area contributed by atoms with E-state index in [9.17, 15) is 13.2 Å². The minimum Gasteiger partial charge on any atom is -0.306 e.